The van der Waals surface area contributed by atoms with E-state index in [1.54, 1.807) is 0 Å². The average Bonchev–Trinajstić information content (AvgIpc) is 3.09. The Bertz CT molecular complexity index is 929. The molecule has 194 valence electrons. The largest absolute Gasteiger partial charge is 1.00 e. The van der Waals surface area contributed by atoms with Gasteiger partial charge in [-0.25, -0.2) is 8.42 Å². The van der Waals surface area contributed by atoms with Gasteiger partial charge in [0.25, 0.3) is 0 Å². The van der Waals surface area contributed by atoms with Crippen LogP contribution in [0.1, 0.15) is 99.3 Å². The van der Waals surface area contributed by atoms with Crippen LogP contribution >= 0.6 is 0 Å². The topological polar surface area (TPSA) is 66.4 Å². The van der Waals surface area contributed by atoms with Crippen molar-refractivity contribution in [2.24, 2.45) is 52.3 Å². The molecule has 5 unspecified atom stereocenters. The van der Waals surface area contributed by atoms with Gasteiger partial charge in [-0.1, -0.05) is 58.4 Å². The van der Waals surface area contributed by atoms with E-state index < -0.39 is 16.5 Å². The van der Waals surface area contributed by atoms with E-state index in [9.17, 15) is 13.0 Å². The van der Waals surface area contributed by atoms with Crippen LogP contribution in [0.5, 0.6) is 0 Å². The van der Waals surface area contributed by atoms with Gasteiger partial charge in [0.15, 0.2) is 0 Å². The summed E-state index contributed by atoms with van der Waals surface area (Å²) in [5.74, 6) is 5.02. The second-order valence-corrected chi connectivity index (χ2v) is 14.2. The summed E-state index contributed by atoms with van der Waals surface area (Å²) in [6, 6.07) is 0. The van der Waals surface area contributed by atoms with Crippen molar-refractivity contribution < 1.29 is 46.7 Å². The summed E-state index contributed by atoms with van der Waals surface area (Å²) in [4.78, 5) is 0. The molecule has 0 aromatic heterocycles. The molecule has 0 aromatic carbocycles. The van der Waals surface area contributed by atoms with Gasteiger partial charge in [0.1, 0.15) is 0 Å². The van der Waals surface area contributed by atoms with Crippen LogP contribution in [0, 0.1) is 52.3 Å². The van der Waals surface area contributed by atoms with Gasteiger partial charge in [-0.3, -0.25) is 4.18 Å². The molecule has 6 heteroatoms. The first-order valence-corrected chi connectivity index (χ1v) is 15.1. The van der Waals surface area contributed by atoms with E-state index in [4.69, 9.17) is 4.18 Å². The van der Waals surface area contributed by atoms with Gasteiger partial charge >= 0.3 is 29.6 Å². The second-order valence-electron chi connectivity index (χ2n) is 13.2. The van der Waals surface area contributed by atoms with Gasteiger partial charge in [-0.15, -0.1) is 0 Å². The summed E-state index contributed by atoms with van der Waals surface area (Å²) in [6.45, 7) is 18.7. The smallest absolute Gasteiger partial charge is 0.726 e. The minimum atomic E-state index is -4.64. The molecule has 4 nitrogen and oxygen atoms in total. The van der Waals surface area contributed by atoms with Crippen LogP contribution in [0.4, 0.5) is 0 Å². The number of hydrogen-bond acceptors (Lipinski definition) is 4. The van der Waals surface area contributed by atoms with E-state index in [0.29, 0.717) is 36.0 Å². The Labute approximate surface area is 237 Å². The van der Waals surface area contributed by atoms with E-state index in [2.05, 4.69) is 54.2 Å². The summed E-state index contributed by atoms with van der Waals surface area (Å²) in [5, 5.41) is 0. The van der Waals surface area contributed by atoms with Crippen LogP contribution in [-0.4, -0.2) is 19.1 Å². The standard InChI is InChI=1S/C29H48O4S.Na/c1-18(2)21(5)19(3)16-20(4)25-10-11-26-24-9-8-22-17-23(33-34(30,31)32)12-14-28(22,6)27(24)13-15-29(25,26)7;/h8,19-21,23-27H,1,9-17H2,2-7H3,(H,30,31,32);/q;+1/p-1/t19?,20-,21?,23+,24?,25-,26?,27?,28+,29-;/m1./s1. The molecule has 0 aliphatic heterocycles. The zero-order chi connectivity index (χ0) is 25.1. The Morgan fingerprint density at radius 2 is 1.83 bits per heavy atom. The van der Waals surface area contributed by atoms with Crippen molar-refractivity contribution in [1.29, 1.82) is 0 Å². The van der Waals surface area contributed by atoms with Crippen LogP contribution in [0.15, 0.2) is 23.8 Å². The molecular formula is C29H47NaO4S. The molecule has 0 N–H and O–H groups in total. The van der Waals surface area contributed by atoms with Gasteiger partial charge in [-0.05, 0) is 117 Å². The number of hydrogen-bond donors (Lipinski definition) is 0. The van der Waals surface area contributed by atoms with E-state index in [-0.39, 0.29) is 35.0 Å². The number of rotatable bonds is 7. The van der Waals surface area contributed by atoms with E-state index >= 15 is 0 Å². The van der Waals surface area contributed by atoms with Crippen molar-refractivity contribution in [2.75, 3.05) is 0 Å². The first-order chi connectivity index (χ1) is 15.8. The molecule has 0 amide bonds. The van der Waals surface area contributed by atoms with Crippen LogP contribution in [0.3, 0.4) is 0 Å². The minimum absolute atomic E-state index is 0. The Hall–Kier alpha value is 0.350. The predicted octanol–water partition coefficient (Wildman–Crippen LogP) is 4.29. The first-order valence-electron chi connectivity index (χ1n) is 13.7. The third-order valence-electron chi connectivity index (χ3n) is 11.4. The normalized spacial score (nSPS) is 41.3. The van der Waals surface area contributed by atoms with Crippen molar-refractivity contribution in [2.45, 2.75) is 105 Å². The molecule has 0 radical (unpaired) electrons. The molecule has 4 rings (SSSR count). The molecule has 0 aromatic rings. The van der Waals surface area contributed by atoms with Crippen LogP contribution in [0.2, 0.25) is 0 Å². The molecule has 3 saturated carbocycles. The van der Waals surface area contributed by atoms with E-state index in [1.165, 1.54) is 43.3 Å². The molecule has 4 aliphatic rings. The minimum Gasteiger partial charge on any atom is -0.726 e. The van der Waals surface area contributed by atoms with Crippen molar-refractivity contribution in [3.8, 4) is 0 Å². The van der Waals surface area contributed by atoms with Crippen molar-refractivity contribution in [1.82, 2.24) is 0 Å². The summed E-state index contributed by atoms with van der Waals surface area (Å²) in [6.07, 6.45) is 11.8. The Morgan fingerprint density at radius 1 is 1.14 bits per heavy atom. The molecule has 35 heavy (non-hydrogen) atoms. The van der Waals surface area contributed by atoms with Gasteiger partial charge in [-0.2, -0.15) is 0 Å². The molecule has 3 fully saturated rings. The van der Waals surface area contributed by atoms with Crippen LogP contribution < -0.4 is 29.6 Å². The Kier molecular flexibility index (Phi) is 9.27. The molecule has 0 spiro atoms. The fourth-order valence-corrected chi connectivity index (χ4v) is 9.79. The van der Waals surface area contributed by atoms with Crippen LogP contribution in [-0.2, 0) is 14.6 Å². The van der Waals surface area contributed by atoms with Gasteiger partial charge in [0.05, 0.1) is 6.10 Å². The predicted molar refractivity (Wildman–Crippen MR) is 137 cm³/mol. The van der Waals surface area contributed by atoms with Crippen molar-refractivity contribution in [3.63, 3.8) is 0 Å². The second kappa shape index (κ2) is 10.8. The Balaban J connectivity index is 0.00000342. The molecule has 0 bridgehead atoms. The quantitative estimate of drug-likeness (QED) is 0.220. The zero-order valence-electron chi connectivity index (χ0n) is 23.3. The molecule has 4 aliphatic carbocycles. The van der Waals surface area contributed by atoms with Gasteiger partial charge in [0.2, 0.25) is 10.4 Å². The summed E-state index contributed by atoms with van der Waals surface area (Å²) < 4.78 is 38.3. The molecule has 10 atom stereocenters. The molecule has 0 heterocycles. The average molecular weight is 515 g/mol. The molecule has 0 saturated heterocycles. The van der Waals surface area contributed by atoms with Crippen molar-refractivity contribution in [3.05, 3.63) is 23.8 Å². The maximum absolute atomic E-state index is 11.1. The molecular weight excluding hydrogens is 467 g/mol. The third kappa shape index (κ3) is 5.71. The van der Waals surface area contributed by atoms with Gasteiger partial charge < -0.3 is 4.55 Å². The van der Waals surface area contributed by atoms with E-state index in [0.717, 1.165) is 36.5 Å². The summed E-state index contributed by atoms with van der Waals surface area (Å²) >= 11 is 0. The fraction of sp³-hybridized carbons (Fsp3) is 0.862. The Morgan fingerprint density at radius 3 is 2.46 bits per heavy atom. The first kappa shape index (κ1) is 29.9. The van der Waals surface area contributed by atoms with Gasteiger partial charge in [0, 0.05) is 0 Å². The monoisotopic (exact) mass is 514 g/mol. The fourth-order valence-electron chi connectivity index (χ4n) is 9.29. The maximum atomic E-state index is 11.1. The summed E-state index contributed by atoms with van der Waals surface area (Å²) in [5.41, 5.74) is 3.22. The zero-order valence-corrected chi connectivity index (χ0v) is 26.1. The number of allylic oxidation sites excluding steroid dienone is 2. The SMILES string of the molecule is C=C(C)C(C)C(C)C[C@@H](C)[C@H]1CCC2C3CC=C4C[C@@H](OS(=O)(=O)[O-])CC[C@]4(C)C3CC[C@@]21C.[Na+]. The number of fused-ring (bicyclic) bond motifs is 5. The van der Waals surface area contributed by atoms with Crippen LogP contribution in [0.25, 0.3) is 0 Å². The summed E-state index contributed by atoms with van der Waals surface area (Å²) in [7, 11) is -4.64. The third-order valence-corrected chi connectivity index (χ3v) is 12.0. The maximum Gasteiger partial charge on any atom is 1.00 e. The van der Waals surface area contributed by atoms with E-state index in [1.807, 2.05) is 0 Å². The van der Waals surface area contributed by atoms with Crippen molar-refractivity contribution >= 4 is 10.4 Å².